The average Bonchev–Trinajstić information content (AvgIpc) is 2.44. The Kier molecular flexibility index (Phi) is 3.31. The Morgan fingerprint density at radius 1 is 0.955 bits per heavy atom. The van der Waals surface area contributed by atoms with Crippen molar-refractivity contribution in [2.75, 3.05) is 0 Å². The molecule has 4 fully saturated rings. The van der Waals surface area contributed by atoms with Gasteiger partial charge in [-0.15, -0.1) is 0 Å². The van der Waals surface area contributed by atoms with Gasteiger partial charge in [0.05, 0.1) is 0 Å². The van der Waals surface area contributed by atoms with E-state index in [-0.39, 0.29) is 6.04 Å². The Morgan fingerprint density at radius 3 is 2.14 bits per heavy atom. The van der Waals surface area contributed by atoms with Gasteiger partial charge in [0.25, 0.3) is 0 Å². The van der Waals surface area contributed by atoms with Gasteiger partial charge in [-0.3, -0.25) is 0 Å². The van der Waals surface area contributed by atoms with Crippen molar-refractivity contribution >= 4 is 10.0 Å². The van der Waals surface area contributed by atoms with Crippen LogP contribution in [0, 0.1) is 35.3 Å². The molecular formula is C16H19F2NO2S. The van der Waals surface area contributed by atoms with Gasteiger partial charge < -0.3 is 0 Å². The van der Waals surface area contributed by atoms with Gasteiger partial charge in [-0.2, -0.15) is 0 Å². The van der Waals surface area contributed by atoms with E-state index in [9.17, 15) is 17.2 Å². The van der Waals surface area contributed by atoms with E-state index in [1.807, 2.05) is 0 Å². The molecule has 3 nitrogen and oxygen atoms in total. The molecule has 0 aliphatic heterocycles. The van der Waals surface area contributed by atoms with Gasteiger partial charge in [0.2, 0.25) is 10.0 Å². The van der Waals surface area contributed by atoms with Crippen LogP contribution in [-0.4, -0.2) is 14.5 Å². The van der Waals surface area contributed by atoms with E-state index in [4.69, 9.17) is 0 Å². The zero-order chi connectivity index (χ0) is 15.5. The molecular weight excluding hydrogens is 308 g/mol. The van der Waals surface area contributed by atoms with E-state index in [0.717, 1.165) is 55.7 Å². The zero-order valence-electron chi connectivity index (χ0n) is 12.1. The predicted octanol–water partition coefficient (Wildman–Crippen LogP) is 3.07. The molecule has 4 saturated carbocycles. The highest BCUT2D eigenvalue weighted by molar-refractivity contribution is 7.89. The lowest BCUT2D eigenvalue weighted by Gasteiger charge is -2.54. The minimum absolute atomic E-state index is 0.125. The smallest absolute Gasteiger partial charge is 0.207 e. The van der Waals surface area contributed by atoms with Crippen LogP contribution in [0.3, 0.4) is 0 Å². The highest BCUT2D eigenvalue weighted by atomic mass is 32.2. The van der Waals surface area contributed by atoms with Gasteiger partial charge in [-0.05, 0) is 74.0 Å². The zero-order valence-corrected chi connectivity index (χ0v) is 13.0. The highest BCUT2D eigenvalue weighted by Crippen LogP contribution is 2.53. The molecule has 1 N–H and O–H groups in total. The number of hydrogen-bond acceptors (Lipinski definition) is 2. The maximum atomic E-state index is 13.8. The van der Waals surface area contributed by atoms with Crippen LogP contribution in [0.1, 0.15) is 32.1 Å². The molecule has 0 amide bonds. The van der Waals surface area contributed by atoms with Gasteiger partial charge >= 0.3 is 0 Å². The summed E-state index contributed by atoms with van der Waals surface area (Å²) in [5, 5.41) is 0. The molecule has 4 aliphatic carbocycles. The lowest BCUT2D eigenvalue weighted by atomic mass is 9.54. The summed E-state index contributed by atoms with van der Waals surface area (Å²) in [5.74, 6) is 0.512. The second-order valence-corrected chi connectivity index (χ2v) is 8.83. The summed E-state index contributed by atoms with van der Waals surface area (Å²) in [6.45, 7) is 0. The minimum atomic E-state index is -4.02. The van der Waals surface area contributed by atoms with E-state index in [2.05, 4.69) is 4.72 Å². The van der Waals surface area contributed by atoms with Crippen molar-refractivity contribution in [1.29, 1.82) is 0 Å². The number of rotatable bonds is 3. The van der Waals surface area contributed by atoms with Crippen molar-refractivity contribution in [1.82, 2.24) is 4.72 Å². The number of halogens is 2. The summed E-state index contributed by atoms with van der Waals surface area (Å²) < 4.78 is 54.7. The number of sulfonamides is 1. The molecule has 4 bridgehead atoms. The van der Waals surface area contributed by atoms with Crippen LogP contribution < -0.4 is 4.72 Å². The van der Waals surface area contributed by atoms with Crippen LogP contribution in [0.2, 0.25) is 0 Å². The van der Waals surface area contributed by atoms with Crippen LogP contribution in [0.25, 0.3) is 0 Å². The fourth-order valence-corrected chi connectivity index (χ4v) is 6.51. The number of hydrogen-bond donors (Lipinski definition) is 1. The molecule has 22 heavy (non-hydrogen) atoms. The van der Waals surface area contributed by atoms with Crippen LogP contribution in [-0.2, 0) is 10.0 Å². The van der Waals surface area contributed by atoms with Crippen LogP contribution in [0.4, 0.5) is 8.78 Å². The van der Waals surface area contributed by atoms with Crippen molar-refractivity contribution in [2.45, 2.75) is 43.0 Å². The summed E-state index contributed by atoms with van der Waals surface area (Å²) >= 11 is 0. The molecule has 0 atom stereocenters. The standard InChI is InChI=1S/C16H19F2NO2S/c17-13-1-2-14(18)15(8-13)22(20,21)19-16-11-4-9-3-10(6-11)7-12(16)5-9/h1-2,8-12,16,19H,3-7H2. The third-order valence-electron chi connectivity index (χ3n) is 5.70. The van der Waals surface area contributed by atoms with E-state index in [1.165, 1.54) is 6.42 Å². The summed E-state index contributed by atoms with van der Waals surface area (Å²) in [6.07, 6.45) is 5.53. The molecule has 1 aromatic carbocycles. The fraction of sp³-hybridized carbons (Fsp3) is 0.625. The van der Waals surface area contributed by atoms with E-state index < -0.39 is 26.6 Å². The predicted molar refractivity (Wildman–Crippen MR) is 77.5 cm³/mol. The Labute approximate surface area is 129 Å². The van der Waals surface area contributed by atoms with Crippen LogP contribution in [0.15, 0.2) is 23.1 Å². The Bertz CT molecular complexity index is 676. The quantitative estimate of drug-likeness (QED) is 0.927. The first-order valence-corrected chi connectivity index (χ1v) is 9.38. The molecule has 0 unspecified atom stereocenters. The second-order valence-electron chi connectivity index (χ2n) is 7.15. The first-order chi connectivity index (χ1) is 10.4. The van der Waals surface area contributed by atoms with Crippen molar-refractivity contribution in [2.24, 2.45) is 23.7 Å². The van der Waals surface area contributed by atoms with Crippen LogP contribution in [0.5, 0.6) is 0 Å². The second kappa shape index (κ2) is 4.99. The van der Waals surface area contributed by atoms with Crippen molar-refractivity contribution in [3.05, 3.63) is 29.8 Å². The summed E-state index contributed by atoms with van der Waals surface area (Å²) in [4.78, 5) is -0.582. The molecule has 5 rings (SSSR count). The molecule has 120 valence electrons. The van der Waals surface area contributed by atoms with Crippen molar-refractivity contribution < 1.29 is 17.2 Å². The van der Waals surface area contributed by atoms with E-state index in [1.54, 1.807) is 0 Å². The van der Waals surface area contributed by atoms with Crippen molar-refractivity contribution in [3.63, 3.8) is 0 Å². The Balaban J connectivity index is 1.61. The summed E-state index contributed by atoms with van der Waals surface area (Å²) in [7, 11) is -4.02. The SMILES string of the molecule is O=S(=O)(NC1C2CC3CC(C2)CC1C3)c1cc(F)ccc1F. The molecule has 0 radical (unpaired) electrons. The number of nitrogens with one attached hydrogen (secondary N) is 1. The molecule has 1 aromatic rings. The third-order valence-corrected chi connectivity index (χ3v) is 7.18. The minimum Gasteiger partial charge on any atom is -0.207 e. The maximum Gasteiger partial charge on any atom is 0.243 e. The monoisotopic (exact) mass is 327 g/mol. The van der Waals surface area contributed by atoms with Crippen molar-refractivity contribution in [3.8, 4) is 0 Å². The molecule has 0 saturated heterocycles. The fourth-order valence-electron chi connectivity index (χ4n) is 5.04. The van der Waals surface area contributed by atoms with Crippen LogP contribution >= 0.6 is 0 Å². The van der Waals surface area contributed by atoms with E-state index >= 15 is 0 Å². The largest absolute Gasteiger partial charge is 0.243 e. The summed E-state index contributed by atoms with van der Waals surface area (Å²) in [6, 6.07) is 2.42. The average molecular weight is 327 g/mol. The lowest BCUT2D eigenvalue weighted by Crippen LogP contribution is -2.55. The normalized spacial score (nSPS) is 36.7. The topological polar surface area (TPSA) is 46.2 Å². The first kappa shape index (κ1) is 14.6. The molecule has 0 heterocycles. The van der Waals surface area contributed by atoms with Gasteiger partial charge in [0.15, 0.2) is 0 Å². The highest BCUT2D eigenvalue weighted by Gasteiger charge is 2.49. The van der Waals surface area contributed by atoms with E-state index in [0.29, 0.717) is 11.8 Å². The Hall–Kier alpha value is -1.01. The molecule has 4 aliphatic rings. The maximum absolute atomic E-state index is 13.8. The molecule has 0 spiro atoms. The van der Waals surface area contributed by atoms with Gasteiger partial charge in [0.1, 0.15) is 16.5 Å². The van der Waals surface area contributed by atoms with Gasteiger partial charge in [0, 0.05) is 6.04 Å². The van der Waals surface area contributed by atoms with Gasteiger partial charge in [-0.25, -0.2) is 21.9 Å². The summed E-state index contributed by atoms with van der Waals surface area (Å²) in [5.41, 5.74) is 0. The number of benzene rings is 1. The lowest BCUT2D eigenvalue weighted by molar-refractivity contribution is -0.00559. The Morgan fingerprint density at radius 2 is 1.55 bits per heavy atom. The van der Waals surface area contributed by atoms with Gasteiger partial charge in [-0.1, -0.05) is 0 Å². The first-order valence-electron chi connectivity index (χ1n) is 7.90. The molecule has 6 heteroatoms. The molecule has 0 aromatic heterocycles. The third kappa shape index (κ3) is 2.36.